The molecule has 6 nitrogen and oxygen atoms in total. The number of aliphatic hydroxyl groups excluding tert-OH is 1. The molecule has 1 fully saturated rings. The molecule has 2 N–H and O–H groups in total. The average molecular weight is 265 g/mol. The highest BCUT2D eigenvalue weighted by Gasteiger charge is 2.18. The lowest BCUT2D eigenvalue weighted by Gasteiger charge is -2.35. The smallest absolute Gasteiger partial charge is 0.147 e. The molecule has 1 saturated heterocycles. The monoisotopic (exact) mass is 265 g/mol. The summed E-state index contributed by atoms with van der Waals surface area (Å²) in [6.07, 6.45) is 1.83. The second-order valence-corrected chi connectivity index (χ2v) is 4.84. The number of hydrogen-bond donors (Lipinski definition) is 2. The van der Waals surface area contributed by atoms with E-state index in [-0.39, 0.29) is 12.6 Å². The van der Waals surface area contributed by atoms with Crippen LogP contribution in [0.4, 0.5) is 5.82 Å². The SMILES string of the molecule is CNC(C)c1nccc(N2CCN(CCO)CC2)n1. The van der Waals surface area contributed by atoms with Crippen molar-refractivity contribution in [3.8, 4) is 0 Å². The molecule has 1 atom stereocenters. The molecule has 2 rings (SSSR count). The van der Waals surface area contributed by atoms with Gasteiger partial charge >= 0.3 is 0 Å². The quantitative estimate of drug-likeness (QED) is 0.773. The molecule has 0 radical (unpaired) electrons. The third kappa shape index (κ3) is 3.62. The van der Waals surface area contributed by atoms with Crippen LogP contribution in [-0.2, 0) is 0 Å². The van der Waals surface area contributed by atoms with E-state index in [2.05, 4.69) is 32.0 Å². The maximum absolute atomic E-state index is 8.94. The van der Waals surface area contributed by atoms with Gasteiger partial charge in [0.1, 0.15) is 11.6 Å². The number of β-amino-alcohol motifs (C(OH)–C–C–N with tert-alkyl or cyclic N) is 1. The molecule has 1 aromatic heterocycles. The van der Waals surface area contributed by atoms with Gasteiger partial charge in [-0.05, 0) is 20.0 Å². The van der Waals surface area contributed by atoms with Crippen LogP contribution in [0, 0.1) is 0 Å². The van der Waals surface area contributed by atoms with Gasteiger partial charge in [-0.2, -0.15) is 0 Å². The van der Waals surface area contributed by atoms with E-state index >= 15 is 0 Å². The first kappa shape index (κ1) is 14.2. The summed E-state index contributed by atoms with van der Waals surface area (Å²) in [7, 11) is 1.91. The topological polar surface area (TPSA) is 64.5 Å². The summed E-state index contributed by atoms with van der Waals surface area (Å²) in [5.74, 6) is 1.83. The zero-order valence-electron chi connectivity index (χ0n) is 11.7. The minimum atomic E-state index is 0.163. The highest BCUT2D eigenvalue weighted by atomic mass is 16.3. The van der Waals surface area contributed by atoms with Crippen LogP contribution in [0.3, 0.4) is 0 Å². The molecule has 19 heavy (non-hydrogen) atoms. The zero-order chi connectivity index (χ0) is 13.7. The molecule has 6 heteroatoms. The van der Waals surface area contributed by atoms with Gasteiger partial charge in [-0.15, -0.1) is 0 Å². The van der Waals surface area contributed by atoms with Crippen LogP contribution in [-0.4, -0.2) is 66.4 Å². The lowest BCUT2D eigenvalue weighted by molar-refractivity contribution is 0.188. The predicted octanol–water partition coefficient (Wildman–Crippen LogP) is -0.129. The normalized spacial score (nSPS) is 18.6. The molecule has 0 spiro atoms. The molecule has 1 aromatic rings. The van der Waals surface area contributed by atoms with E-state index in [0.29, 0.717) is 0 Å². The summed E-state index contributed by atoms with van der Waals surface area (Å²) in [6.45, 7) is 6.90. The van der Waals surface area contributed by atoms with Crippen LogP contribution in [0.1, 0.15) is 18.8 Å². The first-order valence-corrected chi connectivity index (χ1v) is 6.83. The molecule has 0 amide bonds. The van der Waals surface area contributed by atoms with Crippen molar-refractivity contribution >= 4 is 5.82 Å². The number of rotatable bonds is 5. The van der Waals surface area contributed by atoms with Crippen LogP contribution in [0.2, 0.25) is 0 Å². The minimum absolute atomic E-state index is 0.163. The first-order valence-electron chi connectivity index (χ1n) is 6.83. The van der Waals surface area contributed by atoms with Crippen LogP contribution >= 0.6 is 0 Å². The molecule has 0 aromatic carbocycles. The van der Waals surface area contributed by atoms with Crippen molar-refractivity contribution in [3.05, 3.63) is 18.1 Å². The Morgan fingerprint density at radius 2 is 2.11 bits per heavy atom. The number of nitrogens with zero attached hydrogens (tertiary/aromatic N) is 4. The van der Waals surface area contributed by atoms with Gasteiger partial charge in [-0.25, -0.2) is 9.97 Å². The average Bonchev–Trinajstić information content (AvgIpc) is 2.48. The van der Waals surface area contributed by atoms with Crippen LogP contribution in [0.25, 0.3) is 0 Å². The van der Waals surface area contributed by atoms with Gasteiger partial charge in [-0.3, -0.25) is 4.90 Å². The van der Waals surface area contributed by atoms with Gasteiger partial charge in [0.15, 0.2) is 0 Å². The summed E-state index contributed by atoms with van der Waals surface area (Å²) in [4.78, 5) is 13.5. The van der Waals surface area contributed by atoms with Gasteiger partial charge in [0.25, 0.3) is 0 Å². The highest BCUT2D eigenvalue weighted by molar-refractivity contribution is 5.38. The number of aliphatic hydroxyl groups is 1. The standard InChI is InChI=1S/C13H23N5O/c1-11(14-2)13-15-4-3-12(16-13)18-7-5-17(6-8-18)9-10-19/h3-4,11,14,19H,5-10H2,1-2H3. The first-order chi connectivity index (χ1) is 9.24. The van der Waals surface area contributed by atoms with E-state index in [4.69, 9.17) is 5.11 Å². The Morgan fingerprint density at radius 3 is 2.74 bits per heavy atom. The number of piperazine rings is 1. The summed E-state index contributed by atoms with van der Waals surface area (Å²) in [5.41, 5.74) is 0. The Kier molecular flexibility index (Phi) is 5.07. The second-order valence-electron chi connectivity index (χ2n) is 4.84. The summed E-state index contributed by atoms with van der Waals surface area (Å²) in [6, 6.07) is 2.13. The Hall–Kier alpha value is -1.24. The Labute approximate surface area is 114 Å². The van der Waals surface area contributed by atoms with E-state index in [0.717, 1.165) is 44.4 Å². The van der Waals surface area contributed by atoms with E-state index in [9.17, 15) is 0 Å². The molecule has 2 heterocycles. The van der Waals surface area contributed by atoms with Gasteiger partial charge in [0.05, 0.1) is 12.6 Å². The van der Waals surface area contributed by atoms with Crippen molar-refractivity contribution in [2.45, 2.75) is 13.0 Å². The number of hydrogen-bond acceptors (Lipinski definition) is 6. The lowest BCUT2D eigenvalue weighted by Crippen LogP contribution is -2.47. The highest BCUT2D eigenvalue weighted by Crippen LogP contribution is 2.15. The fraction of sp³-hybridized carbons (Fsp3) is 0.692. The summed E-state index contributed by atoms with van der Waals surface area (Å²) in [5, 5.41) is 12.1. The van der Waals surface area contributed by atoms with Crippen molar-refractivity contribution in [2.75, 3.05) is 51.3 Å². The van der Waals surface area contributed by atoms with Gasteiger partial charge in [0.2, 0.25) is 0 Å². The third-order valence-electron chi connectivity index (χ3n) is 3.59. The maximum atomic E-state index is 8.94. The molecule has 0 saturated carbocycles. The van der Waals surface area contributed by atoms with Crippen molar-refractivity contribution in [3.63, 3.8) is 0 Å². The summed E-state index contributed by atoms with van der Waals surface area (Å²) >= 11 is 0. The van der Waals surface area contributed by atoms with Crippen LogP contribution in [0.5, 0.6) is 0 Å². The molecule has 1 aliphatic heterocycles. The molecule has 1 aliphatic rings. The zero-order valence-corrected chi connectivity index (χ0v) is 11.7. The second kappa shape index (κ2) is 6.79. The molecular weight excluding hydrogens is 242 g/mol. The van der Waals surface area contributed by atoms with E-state index in [1.54, 1.807) is 0 Å². The van der Waals surface area contributed by atoms with Crippen molar-refractivity contribution in [1.82, 2.24) is 20.2 Å². The number of aromatic nitrogens is 2. The van der Waals surface area contributed by atoms with Gasteiger partial charge < -0.3 is 15.3 Å². The predicted molar refractivity (Wildman–Crippen MR) is 75.2 cm³/mol. The Morgan fingerprint density at radius 1 is 1.37 bits per heavy atom. The van der Waals surface area contributed by atoms with Crippen molar-refractivity contribution in [2.24, 2.45) is 0 Å². The van der Waals surface area contributed by atoms with Gasteiger partial charge in [0, 0.05) is 38.9 Å². The molecular formula is C13H23N5O. The fourth-order valence-corrected chi connectivity index (χ4v) is 2.22. The number of anilines is 1. The van der Waals surface area contributed by atoms with E-state index < -0.39 is 0 Å². The largest absolute Gasteiger partial charge is 0.395 e. The van der Waals surface area contributed by atoms with Crippen molar-refractivity contribution in [1.29, 1.82) is 0 Å². The van der Waals surface area contributed by atoms with Gasteiger partial charge in [-0.1, -0.05) is 0 Å². The van der Waals surface area contributed by atoms with E-state index in [1.807, 2.05) is 19.3 Å². The fourth-order valence-electron chi connectivity index (χ4n) is 2.22. The van der Waals surface area contributed by atoms with Crippen molar-refractivity contribution < 1.29 is 5.11 Å². The Balaban J connectivity index is 1.99. The Bertz CT molecular complexity index is 392. The molecule has 1 unspecified atom stereocenters. The molecule has 106 valence electrons. The molecule has 0 aliphatic carbocycles. The summed E-state index contributed by atoms with van der Waals surface area (Å²) < 4.78 is 0. The third-order valence-corrected chi connectivity index (χ3v) is 3.59. The van der Waals surface area contributed by atoms with E-state index in [1.165, 1.54) is 0 Å². The van der Waals surface area contributed by atoms with Crippen LogP contribution in [0.15, 0.2) is 12.3 Å². The lowest BCUT2D eigenvalue weighted by atomic mass is 10.3. The number of nitrogens with one attached hydrogen (secondary N) is 1. The maximum Gasteiger partial charge on any atom is 0.147 e. The minimum Gasteiger partial charge on any atom is -0.395 e. The van der Waals surface area contributed by atoms with Crippen LogP contribution < -0.4 is 10.2 Å². The molecule has 0 bridgehead atoms.